The molecule has 0 spiro atoms. The molecule has 0 heteroatoms. The normalized spacial score (nSPS) is 33.7. The fourth-order valence-electron chi connectivity index (χ4n) is 2.98. The van der Waals surface area contributed by atoms with Crippen LogP contribution in [0.2, 0.25) is 0 Å². The van der Waals surface area contributed by atoms with Crippen LogP contribution < -0.4 is 0 Å². The Bertz CT molecular complexity index is 155. The molecule has 0 N–H and O–H groups in total. The Labute approximate surface area is 84.1 Å². The van der Waals surface area contributed by atoms with Crippen LogP contribution in [-0.4, -0.2) is 0 Å². The van der Waals surface area contributed by atoms with Crippen molar-refractivity contribution in [1.29, 1.82) is 0 Å². The monoisotopic (exact) mass is 182 g/mol. The third-order valence-corrected chi connectivity index (χ3v) is 3.97. The molecule has 2 unspecified atom stereocenters. The maximum absolute atomic E-state index is 2.44. The minimum absolute atomic E-state index is 0.612. The first-order valence-electron chi connectivity index (χ1n) is 5.96. The third-order valence-electron chi connectivity index (χ3n) is 3.97. The van der Waals surface area contributed by atoms with Crippen molar-refractivity contribution in [2.75, 3.05) is 0 Å². The lowest BCUT2D eigenvalue weighted by atomic mass is 9.63. The lowest BCUT2D eigenvalue weighted by Gasteiger charge is -2.42. The molecular formula is C13H26. The lowest BCUT2D eigenvalue weighted by molar-refractivity contribution is 0.0827. The fourth-order valence-corrected chi connectivity index (χ4v) is 2.98. The zero-order valence-electron chi connectivity index (χ0n) is 10.1. The summed E-state index contributed by atoms with van der Waals surface area (Å²) in [7, 11) is 0. The fraction of sp³-hybridized carbons (Fsp3) is 1.00. The van der Waals surface area contributed by atoms with E-state index in [1.165, 1.54) is 25.7 Å². The predicted octanol–water partition coefficient (Wildman–Crippen LogP) is 4.49. The molecule has 1 rings (SSSR count). The molecule has 0 amide bonds. The van der Waals surface area contributed by atoms with Crippen LogP contribution in [-0.2, 0) is 0 Å². The van der Waals surface area contributed by atoms with Gasteiger partial charge >= 0.3 is 0 Å². The molecule has 0 radical (unpaired) electrons. The summed E-state index contributed by atoms with van der Waals surface area (Å²) in [5.74, 6) is 2.87. The average molecular weight is 182 g/mol. The van der Waals surface area contributed by atoms with E-state index in [1.54, 1.807) is 0 Å². The van der Waals surface area contributed by atoms with Gasteiger partial charge < -0.3 is 0 Å². The van der Waals surface area contributed by atoms with Crippen molar-refractivity contribution in [2.45, 2.75) is 60.3 Å². The minimum Gasteiger partial charge on any atom is -0.0651 e. The zero-order valence-corrected chi connectivity index (χ0v) is 10.1. The van der Waals surface area contributed by atoms with Gasteiger partial charge in [0.2, 0.25) is 0 Å². The lowest BCUT2D eigenvalue weighted by Crippen LogP contribution is -2.32. The van der Waals surface area contributed by atoms with Gasteiger partial charge in [-0.15, -0.1) is 0 Å². The van der Waals surface area contributed by atoms with Crippen molar-refractivity contribution in [2.24, 2.45) is 23.2 Å². The second-order valence-corrected chi connectivity index (χ2v) is 5.98. The largest absolute Gasteiger partial charge is 0.0651 e. The molecule has 1 aliphatic carbocycles. The molecule has 2 atom stereocenters. The number of hydrogen-bond acceptors (Lipinski definition) is 0. The maximum atomic E-state index is 2.44. The Hall–Kier alpha value is 0. The van der Waals surface area contributed by atoms with E-state index in [2.05, 4.69) is 34.6 Å². The molecule has 78 valence electrons. The van der Waals surface area contributed by atoms with Gasteiger partial charge in [-0.25, -0.2) is 0 Å². The van der Waals surface area contributed by atoms with Gasteiger partial charge in [-0.3, -0.25) is 0 Å². The summed E-state index contributed by atoms with van der Waals surface area (Å²) < 4.78 is 0. The zero-order chi connectivity index (χ0) is 10.1. The highest BCUT2D eigenvalue weighted by Crippen LogP contribution is 2.45. The second kappa shape index (κ2) is 4.02. The molecule has 13 heavy (non-hydrogen) atoms. The summed E-state index contributed by atoms with van der Waals surface area (Å²) in [6.07, 6.45) is 5.74. The Morgan fingerprint density at radius 2 is 1.92 bits per heavy atom. The SMILES string of the molecule is CCC1CCC(C)(C)CC1C(C)C. The third kappa shape index (κ3) is 2.72. The van der Waals surface area contributed by atoms with Gasteiger partial charge in [0.1, 0.15) is 0 Å². The molecule has 0 nitrogen and oxygen atoms in total. The maximum Gasteiger partial charge on any atom is -0.0351 e. The van der Waals surface area contributed by atoms with E-state index >= 15 is 0 Å². The summed E-state index contributed by atoms with van der Waals surface area (Å²) in [4.78, 5) is 0. The molecule has 1 fully saturated rings. The first-order valence-corrected chi connectivity index (χ1v) is 5.96. The smallest absolute Gasteiger partial charge is 0.0351 e. The van der Waals surface area contributed by atoms with E-state index in [9.17, 15) is 0 Å². The second-order valence-electron chi connectivity index (χ2n) is 5.98. The van der Waals surface area contributed by atoms with E-state index in [4.69, 9.17) is 0 Å². The quantitative estimate of drug-likeness (QED) is 0.590. The van der Waals surface area contributed by atoms with Gasteiger partial charge in [0, 0.05) is 0 Å². The number of hydrogen-bond donors (Lipinski definition) is 0. The highest BCUT2D eigenvalue weighted by Gasteiger charge is 2.35. The standard InChI is InChI=1S/C13H26/c1-6-11-7-8-13(4,5)9-12(11)10(2)3/h10-12H,6-9H2,1-5H3. The molecule has 1 aliphatic rings. The molecule has 0 bridgehead atoms. The van der Waals surface area contributed by atoms with E-state index in [-0.39, 0.29) is 0 Å². The van der Waals surface area contributed by atoms with Gasteiger partial charge in [0.05, 0.1) is 0 Å². The molecule has 1 saturated carbocycles. The van der Waals surface area contributed by atoms with Gasteiger partial charge in [0.15, 0.2) is 0 Å². The highest BCUT2D eigenvalue weighted by molar-refractivity contribution is 4.85. The predicted molar refractivity (Wildman–Crippen MR) is 59.7 cm³/mol. The van der Waals surface area contributed by atoms with E-state index < -0.39 is 0 Å². The van der Waals surface area contributed by atoms with E-state index in [0.717, 1.165) is 17.8 Å². The van der Waals surface area contributed by atoms with Crippen molar-refractivity contribution >= 4 is 0 Å². The van der Waals surface area contributed by atoms with E-state index in [0.29, 0.717) is 5.41 Å². The highest BCUT2D eigenvalue weighted by atomic mass is 14.4. The van der Waals surface area contributed by atoms with Gasteiger partial charge in [-0.05, 0) is 42.4 Å². The Morgan fingerprint density at radius 3 is 2.38 bits per heavy atom. The minimum atomic E-state index is 0.612. The van der Waals surface area contributed by atoms with Crippen LogP contribution in [0, 0.1) is 23.2 Å². The van der Waals surface area contributed by atoms with Crippen LogP contribution in [0.1, 0.15) is 60.3 Å². The van der Waals surface area contributed by atoms with Crippen molar-refractivity contribution in [3.63, 3.8) is 0 Å². The van der Waals surface area contributed by atoms with Crippen LogP contribution in [0.15, 0.2) is 0 Å². The molecule has 0 heterocycles. The van der Waals surface area contributed by atoms with Gasteiger partial charge in [0.25, 0.3) is 0 Å². The van der Waals surface area contributed by atoms with Crippen LogP contribution in [0.25, 0.3) is 0 Å². The van der Waals surface area contributed by atoms with Crippen LogP contribution in [0.4, 0.5) is 0 Å². The van der Waals surface area contributed by atoms with E-state index in [1.807, 2.05) is 0 Å². The van der Waals surface area contributed by atoms with Crippen molar-refractivity contribution in [1.82, 2.24) is 0 Å². The van der Waals surface area contributed by atoms with Crippen molar-refractivity contribution < 1.29 is 0 Å². The van der Waals surface area contributed by atoms with Crippen molar-refractivity contribution in [3.8, 4) is 0 Å². The number of rotatable bonds is 2. The first kappa shape index (κ1) is 11.1. The topological polar surface area (TPSA) is 0 Å². The Morgan fingerprint density at radius 1 is 1.31 bits per heavy atom. The molecule has 0 aromatic rings. The first-order chi connectivity index (χ1) is 5.96. The molecular weight excluding hydrogens is 156 g/mol. The Balaban J connectivity index is 2.63. The molecule has 0 saturated heterocycles. The summed E-state index contributed by atoms with van der Waals surface area (Å²) in [6.45, 7) is 12.0. The van der Waals surface area contributed by atoms with Crippen molar-refractivity contribution in [3.05, 3.63) is 0 Å². The summed E-state index contributed by atoms with van der Waals surface area (Å²) >= 11 is 0. The molecule has 0 aliphatic heterocycles. The molecule has 0 aromatic heterocycles. The Kier molecular flexibility index (Phi) is 3.43. The van der Waals surface area contributed by atoms with Gasteiger partial charge in [-0.2, -0.15) is 0 Å². The van der Waals surface area contributed by atoms with Crippen LogP contribution in [0.5, 0.6) is 0 Å². The van der Waals surface area contributed by atoms with Crippen LogP contribution in [0.3, 0.4) is 0 Å². The summed E-state index contributed by atoms with van der Waals surface area (Å²) in [5, 5.41) is 0. The average Bonchev–Trinajstić information content (AvgIpc) is 2.03. The van der Waals surface area contributed by atoms with Gasteiger partial charge in [-0.1, -0.05) is 41.0 Å². The van der Waals surface area contributed by atoms with Crippen LogP contribution >= 0.6 is 0 Å². The summed E-state index contributed by atoms with van der Waals surface area (Å²) in [5.41, 5.74) is 0.612. The molecule has 0 aromatic carbocycles. The summed E-state index contributed by atoms with van der Waals surface area (Å²) in [6, 6.07) is 0.